The molecule has 17 heavy (non-hydrogen) atoms. The van der Waals surface area contributed by atoms with Crippen molar-refractivity contribution in [3.63, 3.8) is 0 Å². The van der Waals surface area contributed by atoms with E-state index >= 15 is 0 Å². The van der Waals surface area contributed by atoms with E-state index in [1.54, 1.807) is 7.11 Å². The summed E-state index contributed by atoms with van der Waals surface area (Å²) in [6, 6.07) is 0. The topological polar surface area (TPSA) is 62.3 Å². The number of nitrogens with two attached hydrogens (primary N) is 1. The Labute approximate surface area is 103 Å². The number of hydrogen-bond donors (Lipinski definition) is 2. The summed E-state index contributed by atoms with van der Waals surface area (Å²) >= 11 is 0. The van der Waals surface area contributed by atoms with Gasteiger partial charge in [-0.05, 0) is 38.6 Å². The summed E-state index contributed by atoms with van der Waals surface area (Å²) in [4.78, 5) is 2.35. The highest BCUT2D eigenvalue weighted by molar-refractivity contribution is 5.86. The van der Waals surface area contributed by atoms with Crippen molar-refractivity contribution < 1.29 is 9.13 Å². The molecule has 0 aromatic rings. The Kier molecular flexibility index (Phi) is 5.85. The highest BCUT2D eigenvalue weighted by Gasteiger charge is 2.37. The second-order valence-electron chi connectivity index (χ2n) is 4.70. The molecule has 0 unspecified atom stereocenters. The Hall–Kier alpha value is -0.680. The first-order valence-electron chi connectivity index (χ1n) is 6.32. The van der Waals surface area contributed by atoms with Gasteiger partial charge in [0.1, 0.15) is 11.4 Å². The number of hydrogen-bond acceptors (Lipinski definition) is 3. The standard InChI is InChI=1S/C12H24FN3O/c1-17-12(11(14)15)5-9-16(10-6-12)8-4-2-3-7-13/h2-10H2,1H3,(H3,14,15). The summed E-state index contributed by atoms with van der Waals surface area (Å²) < 4.78 is 17.3. The molecule has 0 aromatic heterocycles. The molecule has 0 spiro atoms. The van der Waals surface area contributed by atoms with Crippen LogP contribution in [0.15, 0.2) is 0 Å². The average molecular weight is 245 g/mol. The lowest BCUT2D eigenvalue weighted by molar-refractivity contribution is -0.00616. The molecule has 0 amide bonds. The molecule has 0 aromatic carbocycles. The van der Waals surface area contributed by atoms with Gasteiger partial charge in [-0.1, -0.05) is 0 Å². The van der Waals surface area contributed by atoms with Crippen molar-refractivity contribution in [3.8, 4) is 0 Å². The summed E-state index contributed by atoms with van der Waals surface area (Å²) in [6.45, 7) is 2.61. The number of likely N-dealkylation sites (tertiary alicyclic amines) is 1. The minimum atomic E-state index is -0.546. The zero-order valence-electron chi connectivity index (χ0n) is 10.7. The summed E-state index contributed by atoms with van der Waals surface area (Å²) in [5, 5.41) is 7.59. The zero-order chi connectivity index (χ0) is 12.7. The molecule has 1 aliphatic heterocycles. The van der Waals surface area contributed by atoms with E-state index in [1.165, 1.54) is 0 Å². The van der Waals surface area contributed by atoms with Crippen LogP contribution in [0.2, 0.25) is 0 Å². The highest BCUT2D eigenvalue weighted by Crippen LogP contribution is 2.25. The number of ether oxygens (including phenoxy) is 1. The van der Waals surface area contributed by atoms with Gasteiger partial charge in [0.05, 0.1) is 6.67 Å². The Bertz CT molecular complexity index is 240. The van der Waals surface area contributed by atoms with E-state index in [1.807, 2.05) is 0 Å². The van der Waals surface area contributed by atoms with Gasteiger partial charge in [-0.2, -0.15) is 0 Å². The minimum Gasteiger partial charge on any atom is -0.385 e. The van der Waals surface area contributed by atoms with Gasteiger partial charge in [0.25, 0.3) is 0 Å². The van der Waals surface area contributed by atoms with Gasteiger partial charge in [-0.3, -0.25) is 9.80 Å². The molecule has 4 nitrogen and oxygen atoms in total. The number of methoxy groups -OCH3 is 1. The predicted molar refractivity (Wildman–Crippen MR) is 67.2 cm³/mol. The number of nitrogens with one attached hydrogen (secondary N) is 1. The molecule has 0 aliphatic carbocycles. The minimum absolute atomic E-state index is 0.136. The van der Waals surface area contributed by atoms with Crippen molar-refractivity contribution in [2.75, 3.05) is 33.4 Å². The molecule has 0 radical (unpaired) electrons. The maximum Gasteiger partial charge on any atom is 0.126 e. The SMILES string of the molecule is COC1(C(=N)N)CCN(CCCCCF)CC1. The van der Waals surface area contributed by atoms with Crippen LogP contribution in [0.4, 0.5) is 4.39 Å². The highest BCUT2D eigenvalue weighted by atomic mass is 19.1. The Balaban J connectivity index is 2.27. The van der Waals surface area contributed by atoms with Crippen LogP contribution in [0.5, 0.6) is 0 Å². The van der Waals surface area contributed by atoms with Gasteiger partial charge in [0, 0.05) is 20.2 Å². The maximum atomic E-state index is 11.9. The molecule has 0 saturated carbocycles. The maximum absolute atomic E-state index is 11.9. The monoisotopic (exact) mass is 245 g/mol. The first-order chi connectivity index (χ1) is 8.14. The number of halogens is 1. The van der Waals surface area contributed by atoms with Crippen LogP contribution in [-0.2, 0) is 4.74 Å². The number of unbranched alkanes of at least 4 members (excludes halogenated alkanes) is 2. The Morgan fingerprint density at radius 2 is 2.00 bits per heavy atom. The van der Waals surface area contributed by atoms with Gasteiger partial charge in [-0.25, -0.2) is 0 Å². The van der Waals surface area contributed by atoms with Gasteiger partial charge in [0.15, 0.2) is 0 Å². The van der Waals surface area contributed by atoms with Gasteiger partial charge in [0.2, 0.25) is 0 Å². The van der Waals surface area contributed by atoms with Crippen molar-refractivity contribution in [2.24, 2.45) is 5.73 Å². The molecule has 100 valence electrons. The molecule has 1 rings (SSSR count). The fourth-order valence-corrected chi connectivity index (χ4v) is 2.33. The van der Waals surface area contributed by atoms with E-state index < -0.39 is 5.60 Å². The van der Waals surface area contributed by atoms with Gasteiger partial charge in [-0.15, -0.1) is 0 Å². The van der Waals surface area contributed by atoms with Crippen LogP contribution >= 0.6 is 0 Å². The smallest absolute Gasteiger partial charge is 0.126 e. The molecule has 1 saturated heterocycles. The average Bonchev–Trinajstić information content (AvgIpc) is 2.35. The number of amidine groups is 1. The second kappa shape index (κ2) is 6.91. The molecule has 3 N–H and O–H groups in total. The van der Waals surface area contributed by atoms with Crippen LogP contribution in [0.25, 0.3) is 0 Å². The Morgan fingerprint density at radius 3 is 2.47 bits per heavy atom. The molecule has 0 bridgehead atoms. The lowest BCUT2D eigenvalue weighted by Crippen LogP contribution is -2.53. The second-order valence-corrected chi connectivity index (χ2v) is 4.70. The van der Waals surface area contributed by atoms with Crippen molar-refractivity contribution >= 4 is 5.84 Å². The molecule has 1 fully saturated rings. The lowest BCUT2D eigenvalue weighted by atomic mass is 9.90. The largest absolute Gasteiger partial charge is 0.385 e. The van der Waals surface area contributed by atoms with E-state index in [9.17, 15) is 4.39 Å². The van der Waals surface area contributed by atoms with Gasteiger partial charge >= 0.3 is 0 Å². The number of rotatable bonds is 7. The van der Waals surface area contributed by atoms with Crippen molar-refractivity contribution in [1.82, 2.24) is 4.90 Å². The normalized spacial score (nSPS) is 20.4. The van der Waals surface area contributed by atoms with E-state index in [-0.39, 0.29) is 12.5 Å². The fourth-order valence-electron chi connectivity index (χ4n) is 2.33. The van der Waals surface area contributed by atoms with Crippen LogP contribution in [0.1, 0.15) is 32.1 Å². The van der Waals surface area contributed by atoms with E-state index in [2.05, 4.69) is 4.90 Å². The van der Waals surface area contributed by atoms with Crippen LogP contribution < -0.4 is 5.73 Å². The molecular weight excluding hydrogens is 221 g/mol. The number of alkyl halides is 1. The van der Waals surface area contributed by atoms with E-state index in [0.717, 1.165) is 45.3 Å². The van der Waals surface area contributed by atoms with Crippen molar-refractivity contribution in [1.29, 1.82) is 5.41 Å². The van der Waals surface area contributed by atoms with Crippen LogP contribution in [0, 0.1) is 5.41 Å². The number of nitrogens with zero attached hydrogens (tertiary/aromatic N) is 1. The van der Waals surface area contributed by atoms with Crippen LogP contribution in [-0.4, -0.2) is 49.8 Å². The van der Waals surface area contributed by atoms with Crippen molar-refractivity contribution in [2.45, 2.75) is 37.7 Å². The van der Waals surface area contributed by atoms with Crippen molar-refractivity contribution in [3.05, 3.63) is 0 Å². The summed E-state index contributed by atoms with van der Waals surface area (Å²) in [5.41, 5.74) is 5.05. The Morgan fingerprint density at radius 1 is 1.35 bits per heavy atom. The number of piperidine rings is 1. The molecule has 0 atom stereocenters. The van der Waals surface area contributed by atoms with Gasteiger partial charge < -0.3 is 15.4 Å². The van der Waals surface area contributed by atoms with Crippen LogP contribution in [0.3, 0.4) is 0 Å². The predicted octanol–water partition coefficient (Wildman–Crippen LogP) is 1.54. The zero-order valence-corrected chi connectivity index (χ0v) is 10.7. The molecule has 1 aliphatic rings. The molecule has 5 heteroatoms. The van der Waals surface area contributed by atoms with E-state index in [0.29, 0.717) is 6.42 Å². The first kappa shape index (κ1) is 14.4. The summed E-state index contributed by atoms with van der Waals surface area (Å²) in [7, 11) is 1.62. The van der Waals surface area contributed by atoms with E-state index in [4.69, 9.17) is 15.9 Å². The molecular formula is C12H24FN3O. The first-order valence-corrected chi connectivity index (χ1v) is 6.32. The summed E-state index contributed by atoms with van der Waals surface area (Å²) in [5.74, 6) is 0.136. The molecule has 1 heterocycles. The third-order valence-electron chi connectivity index (χ3n) is 3.65. The summed E-state index contributed by atoms with van der Waals surface area (Å²) in [6.07, 6.45) is 4.23. The quantitative estimate of drug-likeness (QED) is 0.406. The lowest BCUT2D eigenvalue weighted by Gasteiger charge is -2.39. The third kappa shape index (κ3) is 3.92. The fraction of sp³-hybridized carbons (Fsp3) is 0.917. The third-order valence-corrected chi connectivity index (χ3v) is 3.65.